The maximum atomic E-state index is 11.7. The smallest absolute Gasteiger partial charge is 0.309 e. The van der Waals surface area contributed by atoms with Gasteiger partial charge in [0.05, 0.1) is 5.41 Å². The Morgan fingerprint density at radius 1 is 1.22 bits per heavy atom. The first-order chi connectivity index (χ1) is 8.31. The lowest BCUT2D eigenvalue weighted by Gasteiger charge is -2.26. The molecule has 0 aromatic heterocycles. The van der Waals surface area contributed by atoms with E-state index in [1.165, 1.54) is 25.7 Å². The zero-order valence-corrected chi connectivity index (χ0v) is 11.7. The Bertz CT molecular complexity index is 304. The summed E-state index contributed by atoms with van der Waals surface area (Å²) in [6.45, 7) is 6.12. The predicted molar refractivity (Wildman–Crippen MR) is 70.2 cm³/mol. The second-order valence-electron chi connectivity index (χ2n) is 6.30. The first-order valence-corrected chi connectivity index (χ1v) is 6.81. The van der Waals surface area contributed by atoms with Gasteiger partial charge in [0.25, 0.3) is 0 Å². The monoisotopic (exact) mass is 255 g/mol. The Morgan fingerprint density at radius 2 is 1.78 bits per heavy atom. The van der Waals surface area contributed by atoms with Crippen molar-refractivity contribution in [1.82, 2.24) is 5.32 Å². The minimum absolute atomic E-state index is 0.0471. The van der Waals surface area contributed by atoms with Crippen LogP contribution in [0.3, 0.4) is 0 Å². The summed E-state index contributed by atoms with van der Waals surface area (Å²) in [4.78, 5) is 22.6. The molecule has 1 saturated carbocycles. The van der Waals surface area contributed by atoms with Crippen LogP contribution in [0.1, 0.15) is 52.9 Å². The van der Waals surface area contributed by atoms with Crippen LogP contribution in [0.25, 0.3) is 0 Å². The van der Waals surface area contributed by atoms with Gasteiger partial charge in [-0.1, -0.05) is 19.8 Å². The average Bonchev–Trinajstić information content (AvgIpc) is 2.27. The van der Waals surface area contributed by atoms with Gasteiger partial charge >= 0.3 is 5.97 Å². The zero-order valence-electron chi connectivity index (χ0n) is 11.7. The first kappa shape index (κ1) is 15.0. The molecule has 0 saturated heterocycles. The Hall–Kier alpha value is -1.06. The summed E-state index contributed by atoms with van der Waals surface area (Å²) in [7, 11) is 0. The molecule has 0 heterocycles. The average molecular weight is 255 g/mol. The van der Waals surface area contributed by atoms with Crippen molar-refractivity contribution in [3.8, 4) is 0 Å². The molecular weight excluding hydrogens is 230 g/mol. The number of amides is 1. The number of aliphatic carboxylic acids is 1. The molecule has 1 amide bonds. The SMILES string of the molecule is CC1CCC(CNC(=O)CC(C)(C)C(=O)O)CC1. The molecule has 0 aromatic rings. The van der Waals surface area contributed by atoms with Gasteiger partial charge in [-0.05, 0) is 38.5 Å². The molecule has 0 aromatic carbocycles. The fourth-order valence-corrected chi connectivity index (χ4v) is 2.33. The Balaban J connectivity index is 2.27. The van der Waals surface area contributed by atoms with Crippen LogP contribution in [-0.2, 0) is 9.59 Å². The summed E-state index contributed by atoms with van der Waals surface area (Å²) in [6.07, 6.45) is 4.86. The van der Waals surface area contributed by atoms with Crippen LogP contribution in [0, 0.1) is 17.3 Å². The highest BCUT2D eigenvalue weighted by Crippen LogP contribution is 2.27. The first-order valence-electron chi connectivity index (χ1n) is 6.81. The number of carbonyl (C=O) groups is 2. The molecule has 1 aliphatic carbocycles. The van der Waals surface area contributed by atoms with Gasteiger partial charge in [0.2, 0.25) is 5.91 Å². The second-order valence-corrected chi connectivity index (χ2v) is 6.30. The summed E-state index contributed by atoms with van der Waals surface area (Å²) >= 11 is 0. The summed E-state index contributed by atoms with van der Waals surface area (Å²) in [5.41, 5.74) is -0.981. The lowest BCUT2D eigenvalue weighted by Crippen LogP contribution is -2.36. The number of rotatable bonds is 5. The Kier molecular flexibility index (Phi) is 5.17. The molecule has 104 valence electrons. The van der Waals surface area contributed by atoms with Crippen molar-refractivity contribution in [2.24, 2.45) is 17.3 Å². The minimum atomic E-state index is -0.981. The van der Waals surface area contributed by atoms with E-state index in [0.717, 1.165) is 5.92 Å². The van der Waals surface area contributed by atoms with Crippen molar-refractivity contribution in [2.45, 2.75) is 52.9 Å². The van der Waals surface area contributed by atoms with Crippen molar-refractivity contribution >= 4 is 11.9 Å². The van der Waals surface area contributed by atoms with Crippen molar-refractivity contribution in [1.29, 1.82) is 0 Å². The molecule has 1 fully saturated rings. The van der Waals surface area contributed by atoms with Gasteiger partial charge in [-0.25, -0.2) is 0 Å². The van der Waals surface area contributed by atoms with Crippen molar-refractivity contribution in [2.75, 3.05) is 6.54 Å². The highest BCUT2D eigenvalue weighted by molar-refractivity contribution is 5.84. The van der Waals surface area contributed by atoms with E-state index in [1.807, 2.05) is 0 Å². The number of carboxylic acids is 1. The summed E-state index contributed by atoms with van der Waals surface area (Å²) in [5.74, 6) is 0.297. The molecule has 0 atom stereocenters. The minimum Gasteiger partial charge on any atom is -0.481 e. The third-order valence-corrected chi connectivity index (χ3v) is 3.90. The normalized spacial score (nSPS) is 24.6. The molecule has 1 aliphatic rings. The van der Waals surface area contributed by atoms with E-state index in [1.54, 1.807) is 13.8 Å². The largest absolute Gasteiger partial charge is 0.481 e. The van der Waals surface area contributed by atoms with Gasteiger partial charge in [0, 0.05) is 13.0 Å². The van der Waals surface area contributed by atoms with Gasteiger partial charge in [0.1, 0.15) is 0 Å². The van der Waals surface area contributed by atoms with Gasteiger partial charge < -0.3 is 10.4 Å². The zero-order chi connectivity index (χ0) is 13.8. The van der Waals surface area contributed by atoms with E-state index in [2.05, 4.69) is 12.2 Å². The number of carboxylic acid groups (broad SMARTS) is 1. The fourth-order valence-electron chi connectivity index (χ4n) is 2.33. The van der Waals surface area contributed by atoms with E-state index in [4.69, 9.17) is 5.11 Å². The van der Waals surface area contributed by atoms with Gasteiger partial charge in [-0.15, -0.1) is 0 Å². The summed E-state index contributed by atoms with van der Waals surface area (Å²) in [5, 5.41) is 11.8. The molecule has 0 spiro atoms. The van der Waals surface area contributed by atoms with Crippen LogP contribution >= 0.6 is 0 Å². The molecule has 2 N–H and O–H groups in total. The predicted octanol–water partition coefficient (Wildman–Crippen LogP) is 2.43. The maximum absolute atomic E-state index is 11.7. The van der Waals surface area contributed by atoms with E-state index in [9.17, 15) is 9.59 Å². The van der Waals surface area contributed by atoms with E-state index in [-0.39, 0.29) is 12.3 Å². The standard InChI is InChI=1S/C14H25NO3/c1-10-4-6-11(7-5-10)9-15-12(16)8-14(2,3)13(17)18/h10-11H,4-9H2,1-3H3,(H,15,16)(H,17,18). The molecule has 0 bridgehead atoms. The number of hydrogen-bond donors (Lipinski definition) is 2. The second kappa shape index (κ2) is 6.21. The number of carbonyl (C=O) groups excluding carboxylic acids is 1. The highest BCUT2D eigenvalue weighted by atomic mass is 16.4. The third kappa shape index (κ3) is 4.67. The third-order valence-electron chi connectivity index (χ3n) is 3.90. The van der Waals surface area contributed by atoms with E-state index < -0.39 is 11.4 Å². The summed E-state index contributed by atoms with van der Waals surface area (Å²) in [6, 6.07) is 0. The van der Waals surface area contributed by atoms with Gasteiger partial charge in [0.15, 0.2) is 0 Å². The van der Waals surface area contributed by atoms with Crippen LogP contribution in [0.2, 0.25) is 0 Å². The van der Waals surface area contributed by atoms with Crippen LogP contribution in [-0.4, -0.2) is 23.5 Å². The van der Waals surface area contributed by atoms with E-state index >= 15 is 0 Å². The van der Waals surface area contributed by atoms with Crippen molar-refractivity contribution in [3.63, 3.8) is 0 Å². The lowest BCUT2D eigenvalue weighted by atomic mass is 9.83. The van der Waals surface area contributed by atoms with Crippen LogP contribution < -0.4 is 5.32 Å². The maximum Gasteiger partial charge on any atom is 0.309 e. The van der Waals surface area contributed by atoms with Crippen LogP contribution in [0.4, 0.5) is 0 Å². The quantitative estimate of drug-likeness (QED) is 0.793. The van der Waals surface area contributed by atoms with Crippen LogP contribution in [0.15, 0.2) is 0 Å². The molecule has 4 heteroatoms. The molecule has 0 radical (unpaired) electrons. The Labute approximate surface area is 109 Å². The number of hydrogen-bond acceptors (Lipinski definition) is 2. The molecule has 0 unspecified atom stereocenters. The Morgan fingerprint density at radius 3 is 2.28 bits per heavy atom. The molecule has 0 aliphatic heterocycles. The lowest BCUT2D eigenvalue weighted by molar-refractivity contribution is -0.149. The number of nitrogens with one attached hydrogen (secondary N) is 1. The van der Waals surface area contributed by atoms with E-state index in [0.29, 0.717) is 12.5 Å². The molecular formula is C14H25NO3. The topological polar surface area (TPSA) is 66.4 Å². The summed E-state index contributed by atoms with van der Waals surface area (Å²) < 4.78 is 0. The van der Waals surface area contributed by atoms with Gasteiger partial charge in [-0.3, -0.25) is 9.59 Å². The van der Waals surface area contributed by atoms with Crippen LogP contribution in [0.5, 0.6) is 0 Å². The molecule has 1 rings (SSSR count). The fraction of sp³-hybridized carbons (Fsp3) is 0.857. The van der Waals surface area contributed by atoms with Crippen molar-refractivity contribution < 1.29 is 14.7 Å². The highest BCUT2D eigenvalue weighted by Gasteiger charge is 2.30. The molecule has 4 nitrogen and oxygen atoms in total. The van der Waals surface area contributed by atoms with Crippen molar-refractivity contribution in [3.05, 3.63) is 0 Å². The van der Waals surface area contributed by atoms with Gasteiger partial charge in [-0.2, -0.15) is 0 Å². The molecule has 18 heavy (non-hydrogen) atoms.